The lowest BCUT2D eigenvalue weighted by Gasteiger charge is -2.29. The summed E-state index contributed by atoms with van der Waals surface area (Å²) >= 11 is 0. The molecule has 1 aromatic carbocycles. The minimum absolute atomic E-state index is 0.278. The highest BCUT2D eigenvalue weighted by Crippen LogP contribution is 2.15. The van der Waals surface area contributed by atoms with Crippen LogP contribution >= 0.6 is 0 Å². The molecule has 0 heterocycles. The van der Waals surface area contributed by atoms with Gasteiger partial charge >= 0.3 is 12.1 Å². The first-order valence-corrected chi connectivity index (χ1v) is 7.69. The molecule has 0 saturated carbocycles. The van der Waals surface area contributed by atoms with Gasteiger partial charge < -0.3 is 9.47 Å². The molecule has 0 aliphatic rings. The van der Waals surface area contributed by atoms with Crippen LogP contribution in [0.5, 0.6) is 0 Å². The third-order valence-corrected chi connectivity index (χ3v) is 3.25. The van der Waals surface area contributed by atoms with Crippen molar-refractivity contribution in [2.75, 3.05) is 13.7 Å². The first kappa shape index (κ1) is 19.5. The Hall–Kier alpha value is -2.55. The Morgan fingerprint density at radius 2 is 1.83 bits per heavy atom. The monoisotopic (exact) mass is 332 g/mol. The molecule has 24 heavy (non-hydrogen) atoms. The number of carbonyl (C=O) groups is 2. The molecule has 0 bridgehead atoms. The third-order valence-electron chi connectivity index (χ3n) is 3.25. The lowest BCUT2D eigenvalue weighted by molar-refractivity contribution is -0.147. The molecule has 0 radical (unpaired) electrons. The molecule has 6 nitrogen and oxygen atoms in total. The van der Waals surface area contributed by atoms with E-state index >= 15 is 0 Å². The molecule has 0 fully saturated rings. The number of benzene rings is 1. The molecule has 130 valence electrons. The minimum Gasteiger partial charge on any atom is -0.449 e. The quantitative estimate of drug-likeness (QED) is 0.775. The molecule has 0 N–H and O–H groups in total. The van der Waals surface area contributed by atoms with E-state index in [-0.39, 0.29) is 13.0 Å². The van der Waals surface area contributed by atoms with E-state index in [4.69, 9.17) is 14.7 Å². The van der Waals surface area contributed by atoms with Gasteiger partial charge in [0.2, 0.25) is 0 Å². The first-order valence-electron chi connectivity index (χ1n) is 7.69. The van der Waals surface area contributed by atoms with Crippen molar-refractivity contribution in [1.82, 2.24) is 4.90 Å². The second-order valence-electron chi connectivity index (χ2n) is 6.56. The Balaban J connectivity index is 2.95. The summed E-state index contributed by atoms with van der Waals surface area (Å²) in [7, 11) is 1.49. The molecular formula is C18H24N2O4. The highest BCUT2D eigenvalue weighted by Gasteiger charge is 2.31. The van der Waals surface area contributed by atoms with Crippen molar-refractivity contribution in [2.45, 2.75) is 45.8 Å². The molecule has 1 amide bonds. The summed E-state index contributed by atoms with van der Waals surface area (Å²) in [5.74, 6) is -0.634. The maximum absolute atomic E-state index is 12.3. The number of nitrogens with zero attached hydrogens (tertiary/aromatic N) is 2. The van der Waals surface area contributed by atoms with Crippen LogP contribution < -0.4 is 0 Å². The van der Waals surface area contributed by atoms with Crippen LogP contribution in [0.4, 0.5) is 4.79 Å². The SMILES string of the molecule is Cc1ccc(C[C@@H](C(=O)OCC#N)N(C)C(=O)OC(C)(C)C)cc1. The van der Waals surface area contributed by atoms with Gasteiger partial charge in [-0.1, -0.05) is 29.8 Å². The van der Waals surface area contributed by atoms with E-state index in [1.165, 1.54) is 11.9 Å². The van der Waals surface area contributed by atoms with E-state index in [0.29, 0.717) is 0 Å². The van der Waals surface area contributed by atoms with Crippen LogP contribution in [0.25, 0.3) is 0 Å². The van der Waals surface area contributed by atoms with Crippen molar-refractivity contribution in [1.29, 1.82) is 5.26 Å². The van der Waals surface area contributed by atoms with Crippen LogP contribution in [0.1, 0.15) is 31.9 Å². The van der Waals surface area contributed by atoms with Gasteiger partial charge in [0.15, 0.2) is 6.61 Å². The maximum Gasteiger partial charge on any atom is 0.410 e. The molecule has 1 aromatic rings. The number of ether oxygens (including phenoxy) is 2. The highest BCUT2D eigenvalue weighted by molar-refractivity contribution is 5.81. The van der Waals surface area contributed by atoms with Crippen LogP contribution in [-0.4, -0.2) is 42.3 Å². The van der Waals surface area contributed by atoms with E-state index in [2.05, 4.69) is 0 Å². The second-order valence-corrected chi connectivity index (χ2v) is 6.56. The Bertz CT molecular complexity index is 611. The van der Waals surface area contributed by atoms with Crippen molar-refractivity contribution >= 4 is 12.1 Å². The van der Waals surface area contributed by atoms with E-state index in [0.717, 1.165) is 11.1 Å². The number of likely N-dealkylation sites (N-methyl/N-ethyl adjacent to an activating group) is 1. The van der Waals surface area contributed by atoms with Gasteiger partial charge in [-0.15, -0.1) is 0 Å². The predicted octanol–water partition coefficient (Wildman–Crippen LogP) is 2.84. The summed E-state index contributed by atoms with van der Waals surface area (Å²) in [6, 6.07) is 8.53. The van der Waals surface area contributed by atoms with Gasteiger partial charge in [-0.2, -0.15) is 5.26 Å². The second kappa shape index (κ2) is 8.34. The van der Waals surface area contributed by atoms with Gasteiger partial charge in [0.05, 0.1) is 0 Å². The molecule has 0 spiro atoms. The van der Waals surface area contributed by atoms with Crippen LogP contribution in [0, 0.1) is 18.3 Å². The number of hydrogen-bond acceptors (Lipinski definition) is 5. The standard InChI is InChI=1S/C18H24N2O4/c1-13-6-8-14(9-7-13)12-15(16(21)23-11-10-19)20(5)17(22)24-18(2,3)4/h6-9,15H,11-12H2,1-5H3/t15-/m0/s1. The van der Waals surface area contributed by atoms with Gasteiger partial charge in [-0.05, 0) is 33.3 Å². The van der Waals surface area contributed by atoms with Crippen molar-refractivity contribution in [3.05, 3.63) is 35.4 Å². The van der Waals surface area contributed by atoms with Crippen molar-refractivity contribution in [3.63, 3.8) is 0 Å². The lowest BCUT2D eigenvalue weighted by Crippen LogP contribution is -2.46. The number of nitriles is 1. The molecule has 6 heteroatoms. The van der Waals surface area contributed by atoms with Gasteiger partial charge in [-0.3, -0.25) is 4.90 Å². The summed E-state index contributed by atoms with van der Waals surface area (Å²) in [5, 5.41) is 8.59. The average molecular weight is 332 g/mol. The summed E-state index contributed by atoms with van der Waals surface area (Å²) in [6.45, 7) is 6.87. The summed E-state index contributed by atoms with van der Waals surface area (Å²) in [5.41, 5.74) is 1.31. The lowest BCUT2D eigenvalue weighted by atomic mass is 10.0. The van der Waals surface area contributed by atoms with Crippen LogP contribution in [-0.2, 0) is 20.7 Å². The summed E-state index contributed by atoms with van der Waals surface area (Å²) in [4.78, 5) is 25.7. The molecule has 0 unspecified atom stereocenters. The fourth-order valence-electron chi connectivity index (χ4n) is 1.99. The maximum atomic E-state index is 12.3. The Morgan fingerprint density at radius 3 is 2.33 bits per heavy atom. The largest absolute Gasteiger partial charge is 0.449 e. The van der Waals surface area contributed by atoms with Crippen LogP contribution in [0.15, 0.2) is 24.3 Å². The highest BCUT2D eigenvalue weighted by atomic mass is 16.6. The third kappa shape index (κ3) is 6.29. The van der Waals surface area contributed by atoms with Gasteiger partial charge in [0.1, 0.15) is 17.7 Å². The molecule has 1 rings (SSSR count). The smallest absolute Gasteiger partial charge is 0.410 e. The van der Waals surface area contributed by atoms with Crippen molar-refractivity contribution in [2.24, 2.45) is 0 Å². The number of rotatable bonds is 5. The zero-order valence-electron chi connectivity index (χ0n) is 14.8. The van der Waals surface area contributed by atoms with E-state index in [1.54, 1.807) is 26.8 Å². The molecule has 1 atom stereocenters. The summed E-state index contributed by atoms with van der Waals surface area (Å²) in [6.07, 6.45) is -0.339. The molecule has 0 aromatic heterocycles. The number of hydrogen-bond donors (Lipinski definition) is 0. The number of carbonyl (C=O) groups excluding carboxylic acids is 2. The van der Waals surface area contributed by atoms with Gasteiger partial charge in [0.25, 0.3) is 0 Å². The molecule has 0 aliphatic heterocycles. The van der Waals surface area contributed by atoms with E-state index < -0.39 is 23.7 Å². The first-order chi connectivity index (χ1) is 11.1. The number of amides is 1. The minimum atomic E-state index is -0.865. The van der Waals surface area contributed by atoms with E-state index in [9.17, 15) is 9.59 Å². The van der Waals surface area contributed by atoms with E-state index in [1.807, 2.05) is 31.2 Å². The average Bonchev–Trinajstić information content (AvgIpc) is 2.49. The molecule has 0 saturated heterocycles. The van der Waals surface area contributed by atoms with Crippen molar-refractivity contribution in [3.8, 4) is 6.07 Å². The predicted molar refractivity (Wildman–Crippen MR) is 89.2 cm³/mol. The summed E-state index contributed by atoms with van der Waals surface area (Å²) < 4.78 is 10.2. The zero-order chi connectivity index (χ0) is 18.3. The number of esters is 1. The molecular weight excluding hydrogens is 308 g/mol. The Morgan fingerprint density at radius 1 is 1.25 bits per heavy atom. The fourth-order valence-corrected chi connectivity index (χ4v) is 1.99. The normalized spacial score (nSPS) is 12.0. The Kier molecular flexibility index (Phi) is 6.78. The van der Waals surface area contributed by atoms with Crippen LogP contribution in [0.2, 0.25) is 0 Å². The van der Waals surface area contributed by atoms with Crippen LogP contribution in [0.3, 0.4) is 0 Å². The van der Waals surface area contributed by atoms with Gasteiger partial charge in [-0.25, -0.2) is 9.59 Å². The number of aryl methyl sites for hydroxylation is 1. The fraction of sp³-hybridized carbons (Fsp3) is 0.500. The Labute approximate surface area is 143 Å². The zero-order valence-corrected chi connectivity index (χ0v) is 14.8. The molecule has 0 aliphatic carbocycles. The van der Waals surface area contributed by atoms with Crippen molar-refractivity contribution < 1.29 is 19.1 Å². The topological polar surface area (TPSA) is 79.6 Å². The van der Waals surface area contributed by atoms with Gasteiger partial charge in [0, 0.05) is 13.5 Å².